The van der Waals surface area contributed by atoms with Gasteiger partial charge in [-0.15, -0.1) is 0 Å². The minimum absolute atomic E-state index is 0.115. The molecule has 16 heavy (non-hydrogen) atoms. The lowest BCUT2D eigenvalue weighted by Gasteiger charge is -2.28. The molecule has 1 saturated heterocycles. The van der Waals surface area contributed by atoms with Crippen molar-refractivity contribution >= 4 is 17.5 Å². The number of nitrogen functional groups attached to an aromatic ring is 1. The van der Waals surface area contributed by atoms with Crippen molar-refractivity contribution in [3.8, 4) is 0 Å². The van der Waals surface area contributed by atoms with E-state index in [9.17, 15) is 4.79 Å². The smallest absolute Gasteiger partial charge is 0.356 e. The van der Waals surface area contributed by atoms with Gasteiger partial charge in [-0.05, 0) is 19.3 Å². The van der Waals surface area contributed by atoms with E-state index in [2.05, 4.69) is 9.97 Å². The largest absolute Gasteiger partial charge is 0.476 e. The fourth-order valence-electron chi connectivity index (χ4n) is 1.91. The number of hydrogen-bond acceptors (Lipinski definition) is 5. The zero-order valence-electron chi connectivity index (χ0n) is 8.89. The molecule has 6 heteroatoms. The Hall–Kier alpha value is -1.85. The quantitative estimate of drug-likeness (QED) is 0.767. The molecule has 0 amide bonds. The predicted molar refractivity (Wildman–Crippen MR) is 59.5 cm³/mol. The van der Waals surface area contributed by atoms with Crippen molar-refractivity contribution in [3.05, 3.63) is 12.0 Å². The van der Waals surface area contributed by atoms with Gasteiger partial charge in [0, 0.05) is 13.1 Å². The normalized spacial score (nSPS) is 16.1. The minimum Gasteiger partial charge on any atom is -0.476 e. The van der Waals surface area contributed by atoms with E-state index in [1.54, 1.807) is 0 Å². The van der Waals surface area contributed by atoms with Gasteiger partial charge >= 0.3 is 5.97 Å². The van der Waals surface area contributed by atoms with Crippen molar-refractivity contribution in [1.82, 2.24) is 9.97 Å². The van der Waals surface area contributed by atoms with Crippen molar-refractivity contribution in [2.45, 2.75) is 19.3 Å². The van der Waals surface area contributed by atoms with Gasteiger partial charge in [-0.1, -0.05) is 0 Å². The predicted octanol–water partition coefficient (Wildman–Crippen LogP) is 0.747. The summed E-state index contributed by atoms with van der Waals surface area (Å²) in [5, 5.41) is 8.90. The average Bonchev–Trinajstić information content (AvgIpc) is 2.30. The molecule has 1 aliphatic heterocycles. The Kier molecular flexibility index (Phi) is 2.89. The summed E-state index contributed by atoms with van der Waals surface area (Å²) >= 11 is 0. The molecule has 0 atom stereocenters. The third-order valence-electron chi connectivity index (χ3n) is 2.72. The lowest BCUT2D eigenvalue weighted by Crippen LogP contribution is -2.31. The van der Waals surface area contributed by atoms with Crippen LogP contribution < -0.4 is 10.6 Å². The first kappa shape index (κ1) is 10.7. The van der Waals surface area contributed by atoms with Gasteiger partial charge in [-0.2, -0.15) is 0 Å². The molecular formula is C10H14N4O2. The molecule has 1 aromatic rings. The summed E-state index contributed by atoms with van der Waals surface area (Å²) in [4.78, 5) is 20.6. The zero-order chi connectivity index (χ0) is 11.5. The van der Waals surface area contributed by atoms with Gasteiger partial charge in [0.1, 0.15) is 12.0 Å². The van der Waals surface area contributed by atoms with Crippen molar-refractivity contribution < 1.29 is 9.90 Å². The molecule has 86 valence electrons. The van der Waals surface area contributed by atoms with Crippen LogP contribution in [0.3, 0.4) is 0 Å². The SMILES string of the molecule is Nc1c(C(=O)O)ncnc1N1CCCCC1. The van der Waals surface area contributed by atoms with Crippen LogP contribution in [0.5, 0.6) is 0 Å². The van der Waals surface area contributed by atoms with Crippen molar-refractivity contribution in [3.63, 3.8) is 0 Å². The summed E-state index contributed by atoms with van der Waals surface area (Å²) in [6, 6.07) is 0. The van der Waals surface area contributed by atoms with E-state index in [1.807, 2.05) is 4.90 Å². The Balaban J connectivity index is 2.33. The monoisotopic (exact) mass is 222 g/mol. The number of carbonyl (C=O) groups is 1. The standard InChI is InChI=1S/C10H14N4O2/c11-7-8(10(15)16)12-6-13-9(7)14-4-2-1-3-5-14/h6H,1-5,11H2,(H,15,16). The maximum atomic E-state index is 10.9. The van der Waals surface area contributed by atoms with Crippen molar-refractivity contribution in [2.75, 3.05) is 23.7 Å². The minimum atomic E-state index is -1.11. The average molecular weight is 222 g/mol. The summed E-state index contributed by atoms with van der Waals surface area (Å²) in [5.41, 5.74) is 5.82. The molecule has 3 N–H and O–H groups in total. The number of nitrogens with zero attached hydrogens (tertiary/aromatic N) is 3. The Morgan fingerprint density at radius 1 is 1.31 bits per heavy atom. The fraction of sp³-hybridized carbons (Fsp3) is 0.500. The second-order valence-electron chi connectivity index (χ2n) is 3.81. The van der Waals surface area contributed by atoms with Crippen LogP contribution >= 0.6 is 0 Å². The first-order valence-electron chi connectivity index (χ1n) is 5.29. The molecule has 1 aromatic heterocycles. The fourth-order valence-corrected chi connectivity index (χ4v) is 1.91. The molecule has 0 radical (unpaired) electrons. The molecule has 6 nitrogen and oxygen atoms in total. The Morgan fingerprint density at radius 3 is 2.62 bits per heavy atom. The molecule has 2 rings (SSSR count). The van der Waals surface area contributed by atoms with E-state index < -0.39 is 5.97 Å². The van der Waals surface area contributed by atoms with E-state index >= 15 is 0 Å². The molecule has 0 spiro atoms. The van der Waals surface area contributed by atoms with Gasteiger partial charge in [0.15, 0.2) is 11.5 Å². The molecule has 0 aliphatic carbocycles. The van der Waals surface area contributed by atoms with Gasteiger partial charge in [0.05, 0.1) is 0 Å². The summed E-state index contributed by atoms with van der Waals surface area (Å²) in [6.45, 7) is 1.75. The lowest BCUT2D eigenvalue weighted by molar-refractivity contribution is 0.0691. The highest BCUT2D eigenvalue weighted by Gasteiger charge is 2.19. The number of carboxylic acids is 1. The molecule has 0 unspecified atom stereocenters. The summed E-state index contributed by atoms with van der Waals surface area (Å²) in [6.07, 6.45) is 4.63. The summed E-state index contributed by atoms with van der Waals surface area (Å²) < 4.78 is 0. The van der Waals surface area contributed by atoms with Crippen LogP contribution in [0, 0.1) is 0 Å². The Morgan fingerprint density at radius 2 is 2.00 bits per heavy atom. The first-order chi connectivity index (χ1) is 7.70. The Bertz CT molecular complexity index is 402. The third kappa shape index (κ3) is 1.91. The third-order valence-corrected chi connectivity index (χ3v) is 2.72. The molecule has 2 heterocycles. The topological polar surface area (TPSA) is 92.3 Å². The van der Waals surface area contributed by atoms with Crippen LogP contribution in [0.4, 0.5) is 11.5 Å². The molecule has 1 fully saturated rings. The van der Waals surface area contributed by atoms with E-state index in [-0.39, 0.29) is 11.4 Å². The van der Waals surface area contributed by atoms with Gasteiger partial charge in [-0.25, -0.2) is 14.8 Å². The number of carboxylic acid groups (broad SMARTS) is 1. The number of anilines is 2. The second kappa shape index (κ2) is 4.34. The maximum Gasteiger partial charge on any atom is 0.356 e. The van der Waals surface area contributed by atoms with Gasteiger partial charge < -0.3 is 15.7 Å². The van der Waals surface area contributed by atoms with Crippen molar-refractivity contribution in [1.29, 1.82) is 0 Å². The zero-order valence-corrected chi connectivity index (χ0v) is 8.89. The molecule has 0 bridgehead atoms. The molecule has 0 saturated carbocycles. The van der Waals surface area contributed by atoms with Gasteiger partial charge in [0.25, 0.3) is 0 Å². The van der Waals surface area contributed by atoms with E-state index in [1.165, 1.54) is 12.7 Å². The number of hydrogen-bond donors (Lipinski definition) is 2. The van der Waals surface area contributed by atoms with Crippen LogP contribution in [0.2, 0.25) is 0 Å². The number of piperidine rings is 1. The first-order valence-corrected chi connectivity index (χ1v) is 5.29. The number of rotatable bonds is 2. The number of aromatic carboxylic acids is 1. The summed E-state index contributed by atoms with van der Waals surface area (Å²) in [5.74, 6) is -0.565. The second-order valence-corrected chi connectivity index (χ2v) is 3.81. The van der Waals surface area contributed by atoms with Crippen LogP contribution in [-0.2, 0) is 0 Å². The highest BCUT2D eigenvalue weighted by atomic mass is 16.4. The van der Waals surface area contributed by atoms with Crippen molar-refractivity contribution in [2.24, 2.45) is 0 Å². The van der Waals surface area contributed by atoms with E-state index in [0.717, 1.165) is 25.9 Å². The number of aromatic nitrogens is 2. The molecular weight excluding hydrogens is 208 g/mol. The lowest BCUT2D eigenvalue weighted by atomic mass is 10.1. The van der Waals surface area contributed by atoms with Gasteiger partial charge in [-0.3, -0.25) is 0 Å². The van der Waals surface area contributed by atoms with E-state index in [4.69, 9.17) is 10.8 Å². The molecule has 1 aliphatic rings. The maximum absolute atomic E-state index is 10.9. The van der Waals surface area contributed by atoms with Gasteiger partial charge in [0.2, 0.25) is 0 Å². The summed E-state index contributed by atoms with van der Waals surface area (Å²) in [7, 11) is 0. The number of nitrogens with two attached hydrogens (primary N) is 1. The van der Waals surface area contributed by atoms with Crippen LogP contribution in [0.1, 0.15) is 29.8 Å². The van der Waals surface area contributed by atoms with Crippen LogP contribution in [-0.4, -0.2) is 34.1 Å². The van der Waals surface area contributed by atoms with Crippen LogP contribution in [0.25, 0.3) is 0 Å². The van der Waals surface area contributed by atoms with Crippen LogP contribution in [0.15, 0.2) is 6.33 Å². The highest BCUT2D eigenvalue weighted by Crippen LogP contribution is 2.25. The van der Waals surface area contributed by atoms with E-state index in [0.29, 0.717) is 5.82 Å². The highest BCUT2D eigenvalue weighted by molar-refractivity contribution is 5.94. The molecule has 0 aromatic carbocycles. The Labute approximate surface area is 93.1 Å².